The first-order chi connectivity index (χ1) is 14.0. The maximum absolute atomic E-state index is 10.7. The highest BCUT2D eigenvalue weighted by Gasteiger charge is 2.17. The summed E-state index contributed by atoms with van der Waals surface area (Å²) in [6.07, 6.45) is 3.97. The van der Waals surface area contributed by atoms with E-state index in [-0.39, 0.29) is 6.42 Å². The summed E-state index contributed by atoms with van der Waals surface area (Å²) >= 11 is 6.09. The Labute approximate surface area is 175 Å². The predicted molar refractivity (Wildman–Crippen MR) is 114 cm³/mol. The van der Waals surface area contributed by atoms with Crippen molar-refractivity contribution in [1.82, 2.24) is 19.7 Å². The number of benzene rings is 1. The standard InChI is InChI=1S/C21H26ClN5O2/c1-3-7-16-19-20(27(2)26-16)21(23-13-14-8-6-9-15(22)12-14)25-17(24-19)10-4-5-11-18(28)29/h6,8-9,12H,3-5,7,10-11,13H2,1-2H3,(H,28,29)(H,23,24,25). The fourth-order valence-electron chi connectivity index (χ4n) is 3.32. The maximum atomic E-state index is 10.7. The molecule has 3 aromatic rings. The van der Waals surface area contributed by atoms with Gasteiger partial charge >= 0.3 is 5.97 Å². The van der Waals surface area contributed by atoms with Crippen LogP contribution in [0.3, 0.4) is 0 Å². The van der Waals surface area contributed by atoms with Gasteiger partial charge in [-0.15, -0.1) is 0 Å². The summed E-state index contributed by atoms with van der Waals surface area (Å²) in [5.74, 6) is 0.671. The third-order valence-corrected chi connectivity index (χ3v) is 4.91. The van der Waals surface area contributed by atoms with Crippen LogP contribution in [0.4, 0.5) is 5.82 Å². The Morgan fingerprint density at radius 2 is 2.07 bits per heavy atom. The minimum absolute atomic E-state index is 0.163. The Morgan fingerprint density at radius 1 is 1.24 bits per heavy atom. The maximum Gasteiger partial charge on any atom is 0.303 e. The zero-order valence-electron chi connectivity index (χ0n) is 16.8. The minimum Gasteiger partial charge on any atom is -0.481 e. The molecule has 0 amide bonds. The zero-order valence-corrected chi connectivity index (χ0v) is 17.5. The van der Waals surface area contributed by atoms with Crippen molar-refractivity contribution in [2.24, 2.45) is 7.05 Å². The van der Waals surface area contributed by atoms with Crippen LogP contribution in [-0.2, 0) is 31.2 Å². The van der Waals surface area contributed by atoms with Gasteiger partial charge in [0.2, 0.25) is 0 Å². The third kappa shape index (κ3) is 5.44. The highest BCUT2D eigenvalue weighted by Crippen LogP contribution is 2.25. The highest BCUT2D eigenvalue weighted by atomic mass is 35.5. The van der Waals surface area contributed by atoms with Crippen LogP contribution in [0.5, 0.6) is 0 Å². The Kier molecular flexibility index (Phi) is 7.04. The number of aromatic nitrogens is 4. The quantitative estimate of drug-likeness (QED) is 0.477. The molecule has 0 bridgehead atoms. The monoisotopic (exact) mass is 415 g/mol. The fraction of sp³-hybridized carbons (Fsp3) is 0.429. The third-order valence-electron chi connectivity index (χ3n) is 4.67. The Hall–Kier alpha value is -2.67. The van der Waals surface area contributed by atoms with E-state index in [1.54, 1.807) is 0 Å². The van der Waals surface area contributed by atoms with Crippen LogP contribution in [0.1, 0.15) is 49.7 Å². The van der Waals surface area contributed by atoms with E-state index in [0.717, 1.165) is 47.4 Å². The normalized spacial score (nSPS) is 11.1. The highest BCUT2D eigenvalue weighted by molar-refractivity contribution is 6.30. The van der Waals surface area contributed by atoms with Gasteiger partial charge in [-0.1, -0.05) is 37.1 Å². The van der Waals surface area contributed by atoms with Crippen LogP contribution < -0.4 is 5.32 Å². The van der Waals surface area contributed by atoms with Crippen LogP contribution in [0, 0.1) is 0 Å². The topological polar surface area (TPSA) is 92.9 Å². The molecule has 0 saturated heterocycles. The largest absolute Gasteiger partial charge is 0.481 e. The molecular weight excluding hydrogens is 390 g/mol. The average Bonchev–Trinajstić information content (AvgIpc) is 2.99. The van der Waals surface area contributed by atoms with Crippen LogP contribution >= 0.6 is 11.6 Å². The number of aliphatic carboxylic acids is 1. The summed E-state index contributed by atoms with van der Waals surface area (Å²) < 4.78 is 1.83. The van der Waals surface area contributed by atoms with Gasteiger partial charge in [-0.2, -0.15) is 5.10 Å². The van der Waals surface area contributed by atoms with Gasteiger partial charge in [0.05, 0.1) is 5.69 Å². The van der Waals surface area contributed by atoms with Gasteiger partial charge < -0.3 is 10.4 Å². The second kappa shape index (κ2) is 9.69. The van der Waals surface area contributed by atoms with Gasteiger partial charge in [0.1, 0.15) is 16.9 Å². The van der Waals surface area contributed by atoms with Crippen molar-refractivity contribution in [3.05, 3.63) is 46.4 Å². The lowest BCUT2D eigenvalue weighted by atomic mass is 10.1. The lowest BCUT2D eigenvalue weighted by Gasteiger charge is -2.10. The first-order valence-corrected chi connectivity index (χ1v) is 10.3. The van der Waals surface area contributed by atoms with Gasteiger partial charge in [0, 0.05) is 31.5 Å². The number of nitrogens with one attached hydrogen (secondary N) is 1. The Morgan fingerprint density at radius 3 is 2.79 bits per heavy atom. The molecule has 8 heteroatoms. The van der Waals surface area contributed by atoms with E-state index in [0.29, 0.717) is 30.2 Å². The molecule has 0 aliphatic heterocycles. The lowest BCUT2D eigenvalue weighted by molar-refractivity contribution is -0.137. The van der Waals surface area contributed by atoms with E-state index in [2.05, 4.69) is 17.3 Å². The molecule has 0 unspecified atom stereocenters. The van der Waals surface area contributed by atoms with E-state index in [1.807, 2.05) is 36.0 Å². The average molecular weight is 416 g/mol. The number of hydrogen-bond acceptors (Lipinski definition) is 5. The number of aryl methyl sites for hydroxylation is 3. The molecule has 2 aromatic heterocycles. The molecule has 1 aromatic carbocycles. The van der Waals surface area contributed by atoms with Crippen molar-refractivity contribution >= 4 is 34.4 Å². The summed E-state index contributed by atoms with van der Waals surface area (Å²) in [4.78, 5) is 20.2. The van der Waals surface area contributed by atoms with Gasteiger partial charge in [-0.3, -0.25) is 9.48 Å². The first-order valence-electron chi connectivity index (χ1n) is 9.90. The molecule has 0 aliphatic carbocycles. The van der Waals surface area contributed by atoms with Crippen LogP contribution in [0.15, 0.2) is 24.3 Å². The zero-order chi connectivity index (χ0) is 20.8. The summed E-state index contributed by atoms with van der Waals surface area (Å²) in [6, 6.07) is 7.70. The van der Waals surface area contributed by atoms with Gasteiger partial charge in [0.25, 0.3) is 0 Å². The van der Waals surface area contributed by atoms with E-state index < -0.39 is 5.97 Å². The molecule has 2 N–H and O–H groups in total. The fourth-order valence-corrected chi connectivity index (χ4v) is 3.53. The van der Waals surface area contributed by atoms with Crippen LogP contribution in [0.2, 0.25) is 5.02 Å². The summed E-state index contributed by atoms with van der Waals surface area (Å²) in [5, 5.41) is 17.6. The number of hydrogen-bond donors (Lipinski definition) is 2. The molecule has 2 heterocycles. The van der Waals surface area contributed by atoms with Crippen molar-refractivity contribution in [3.8, 4) is 0 Å². The minimum atomic E-state index is -0.775. The molecule has 0 fully saturated rings. The molecule has 0 aliphatic rings. The molecule has 0 atom stereocenters. The van der Waals surface area contributed by atoms with Crippen molar-refractivity contribution < 1.29 is 9.90 Å². The van der Waals surface area contributed by atoms with E-state index in [4.69, 9.17) is 26.7 Å². The number of nitrogens with zero attached hydrogens (tertiary/aromatic N) is 4. The molecular formula is C21H26ClN5O2. The smallest absolute Gasteiger partial charge is 0.303 e. The predicted octanol–water partition coefficient (Wildman–Crippen LogP) is 4.38. The summed E-state index contributed by atoms with van der Waals surface area (Å²) in [7, 11) is 1.90. The second-order valence-electron chi connectivity index (χ2n) is 7.09. The molecule has 0 spiro atoms. The number of anilines is 1. The van der Waals surface area contributed by atoms with Crippen LogP contribution in [0.25, 0.3) is 11.0 Å². The molecule has 154 valence electrons. The van der Waals surface area contributed by atoms with E-state index in [9.17, 15) is 4.79 Å². The Bertz CT molecular complexity index is 1000. The molecule has 29 heavy (non-hydrogen) atoms. The lowest BCUT2D eigenvalue weighted by Crippen LogP contribution is -2.07. The summed E-state index contributed by atoms with van der Waals surface area (Å²) in [5.41, 5.74) is 3.77. The Balaban J connectivity index is 1.88. The first kappa shape index (κ1) is 21.0. The number of carbonyl (C=O) groups is 1. The van der Waals surface area contributed by atoms with Crippen molar-refractivity contribution in [2.75, 3.05) is 5.32 Å². The number of carboxylic acids is 1. The molecule has 0 radical (unpaired) electrons. The van der Waals surface area contributed by atoms with E-state index in [1.165, 1.54) is 0 Å². The number of fused-ring (bicyclic) bond motifs is 1. The van der Waals surface area contributed by atoms with Crippen LogP contribution in [-0.4, -0.2) is 30.8 Å². The number of halogens is 1. The van der Waals surface area contributed by atoms with E-state index >= 15 is 0 Å². The number of rotatable bonds is 10. The number of unbranched alkanes of at least 4 members (excludes halogenated alkanes) is 1. The molecule has 3 rings (SSSR count). The number of carboxylic acid groups (broad SMARTS) is 1. The van der Waals surface area contributed by atoms with Crippen molar-refractivity contribution in [1.29, 1.82) is 0 Å². The second-order valence-corrected chi connectivity index (χ2v) is 7.53. The summed E-state index contributed by atoms with van der Waals surface area (Å²) in [6.45, 7) is 2.70. The molecule has 7 nitrogen and oxygen atoms in total. The SMILES string of the molecule is CCCc1nn(C)c2c(NCc3cccc(Cl)c3)nc(CCCCC(=O)O)nc12. The van der Waals surface area contributed by atoms with Crippen molar-refractivity contribution in [3.63, 3.8) is 0 Å². The van der Waals surface area contributed by atoms with Gasteiger partial charge in [0.15, 0.2) is 5.82 Å². The molecule has 0 saturated carbocycles. The van der Waals surface area contributed by atoms with Gasteiger partial charge in [-0.05, 0) is 37.0 Å². The van der Waals surface area contributed by atoms with Crippen molar-refractivity contribution in [2.45, 2.75) is 52.0 Å². The van der Waals surface area contributed by atoms with Gasteiger partial charge in [-0.25, -0.2) is 9.97 Å².